The molecule has 1 atom stereocenters. The SMILES string of the molecule is CC(O)CNCCNC(=O)c1c(F)cccc1Br. The number of carbonyl (C=O) groups excluding carboxylic acids is 1. The summed E-state index contributed by atoms with van der Waals surface area (Å²) in [6, 6.07) is 4.38. The third-order valence-electron chi connectivity index (χ3n) is 2.22. The molecule has 0 aromatic heterocycles. The van der Waals surface area contributed by atoms with E-state index < -0.39 is 17.8 Å². The van der Waals surface area contributed by atoms with Crippen molar-refractivity contribution in [3.05, 3.63) is 34.1 Å². The molecule has 0 aliphatic carbocycles. The monoisotopic (exact) mass is 318 g/mol. The lowest BCUT2D eigenvalue weighted by molar-refractivity contribution is 0.0949. The fourth-order valence-electron chi connectivity index (χ4n) is 1.38. The summed E-state index contributed by atoms with van der Waals surface area (Å²) in [4.78, 5) is 11.7. The van der Waals surface area contributed by atoms with Crippen molar-refractivity contribution in [1.82, 2.24) is 10.6 Å². The van der Waals surface area contributed by atoms with E-state index in [4.69, 9.17) is 5.11 Å². The van der Waals surface area contributed by atoms with Crippen molar-refractivity contribution in [2.45, 2.75) is 13.0 Å². The van der Waals surface area contributed by atoms with Crippen molar-refractivity contribution in [2.75, 3.05) is 19.6 Å². The molecule has 0 saturated carbocycles. The molecule has 0 aliphatic rings. The standard InChI is InChI=1S/C12H16BrFN2O2/c1-8(17)7-15-5-6-16-12(18)11-9(13)3-2-4-10(11)14/h2-4,8,15,17H,5-7H2,1H3,(H,16,18). The largest absolute Gasteiger partial charge is 0.392 e. The van der Waals surface area contributed by atoms with Gasteiger partial charge in [0.25, 0.3) is 5.91 Å². The third kappa shape index (κ3) is 4.72. The van der Waals surface area contributed by atoms with E-state index in [-0.39, 0.29) is 5.56 Å². The van der Waals surface area contributed by atoms with Gasteiger partial charge >= 0.3 is 0 Å². The van der Waals surface area contributed by atoms with E-state index in [0.717, 1.165) is 0 Å². The first kappa shape index (κ1) is 15.1. The molecule has 1 unspecified atom stereocenters. The highest BCUT2D eigenvalue weighted by molar-refractivity contribution is 9.10. The molecule has 0 bridgehead atoms. The zero-order valence-corrected chi connectivity index (χ0v) is 11.6. The van der Waals surface area contributed by atoms with Crippen molar-refractivity contribution in [3.63, 3.8) is 0 Å². The quantitative estimate of drug-likeness (QED) is 0.693. The van der Waals surface area contributed by atoms with Gasteiger partial charge in [-0.05, 0) is 35.0 Å². The lowest BCUT2D eigenvalue weighted by Crippen LogP contribution is -2.35. The van der Waals surface area contributed by atoms with Crippen LogP contribution in [0.2, 0.25) is 0 Å². The summed E-state index contributed by atoms with van der Waals surface area (Å²) < 4.78 is 13.9. The first-order valence-electron chi connectivity index (χ1n) is 5.63. The van der Waals surface area contributed by atoms with Crippen LogP contribution < -0.4 is 10.6 Å². The number of hydrogen-bond acceptors (Lipinski definition) is 3. The lowest BCUT2D eigenvalue weighted by atomic mass is 10.2. The Morgan fingerprint density at radius 2 is 2.22 bits per heavy atom. The predicted octanol–water partition coefficient (Wildman–Crippen LogP) is 1.29. The summed E-state index contributed by atoms with van der Waals surface area (Å²) in [5, 5.41) is 14.6. The highest BCUT2D eigenvalue weighted by Gasteiger charge is 2.14. The molecule has 6 heteroatoms. The minimum Gasteiger partial charge on any atom is -0.392 e. The molecule has 0 fully saturated rings. The topological polar surface area (TPSA) is 61.4 Å². The molecule has 1 aromatic rings. The number of aliphatic hydroxyl groups excluding tert-OH is 1. The number of benzene rings is 1. The molecule has 18 heavy (non-hydrogen) atoms. The zero-order valence-electron chi connectivity index (χ0n) is 10.0. The Balaban J connectivity index is 2.41. The van der Waals surface area contributed by atoms with E-state index in [1.807, 2.05) is 0 Å². The van der Waals surface area contributed by atoms with Crippen LogP contribution in [0.15, 0.2) is 22.7 Å². The van der Waals surface area contributed by atoms with Gasteiger partial charge in [-0.2, -0.15) is 0 Å². The van der Waals surface area contributed by atoms with E-state index in [1.54, 1.807) is 13.0 Å². The minimum absolute atomic E-state index is 0.00743. The molecule has 4 nitrogen and oxygen atoms in total. The summed E-state index contributed by atoms with van der Waals surface area (Å²) in [6.07, 6.45) is -0.429. The molecule has 0 saturated heterocycles. The van der Waals surface area contributed by atoms with Crippen LogP contribution in [0.3, 0.4) is 0 Å². The Kier molecular flexibility index (Phi) is 6.24. The number of hydrogen-bond donors (Lipinski definition) is 3. The molecule has 1 rings (SSSR count). The highest BCUT2D eigenvalue weighted by Crippen LogP contribution is 2.19. The molecule has 3 N–H and O–H groups in total. The van der Waals surface area contributed by atoms with Crippen molar-refractivity contribution in [1.29, 1.82) is 0 Å². The molecule has 0 spiro atoms. The fraction of sp³-hybridized carbons (Fsp3) is 0.417. The van der Waals surface area contributed by atoms with Gasteiger partial charge in [0, 0.05) is 24.1 Å². The average molecular weight is 319 g/mol. The fourth-order valence-corrected chi connectivity index (χ4v) is 1.90. The number of rotatable bonds is 6. The normalized spacial score (nSPS) is 12.2. The van der Waals surface area contributed by atoms with Crippen LogP contribution in [0.4, 0.5) is 4.39 Å². The van der Waals surface area contributed by atoms with E-state index in [1.165, 1.54) is 12.1 Å². The molecular weight excluding hydrogens is 303 g/mol. The summed E-state index contributed by atoms with van der Waals surface area (Å²) in [5.74, 6) is -1.02. The Morgan fingerprint density at radius 3 is 2.83 bits per heavy atom. The van der Waals surface area contributed by atoms with Gasteiger partial charge in [-0.15, -0.1) is 0 Å². The van der Waals surface area contributed by atoms with Gasteiger partial charge in [0.05, 0.1) is 11.7 Å². The molecular formula is C12H16BrFN2O2. The van der Waals surface area contributed by atoms with Crippen molar-refractivity contribution >= 4 is 21.8 Å². The lowest BCUT2D eigenvalue weighted by Gasteiger charge is -2.09. The van der Waals surface area contributed by atoms with Gasteiger partial charge in [0.15, 0.2) is 0 Å². The maximum Gasteiger partial charge on any atom is 0.255 e. The number of halogens is 2. The second-order valence-electron chi connectivity index (χ2n) is 3.91. The minimum atomic E-state index is -0.557. The molecule has 1 amide bonds. The second-order valence-corrected chi connectivity index (χ2v) is 4.76. The van der Waals surface area contributed by atoms with Crippen LogP contribution in [0.1, 0.15) is 17.3 Å². The number of nitrogens with one attached hydrogen (secondary N) is 2. The van der Waals surface area contributed by atoms with Crippen molar-refractivity contribution in [2.24, 2.45) is 0 Å². The van der Waals surface area contributed by atoms with Gasteiger partial charge in [0.1, 0.15) is 5.82 Å². The Hall–Kier alpha value is -0.980. The van der Waals surface area contributed by atoms with Crippen LogP contribution in [0.25, 0.3) is 0 Å². The summed E-state index contributed by atoms with van der Waals surface area (Å²) >= 11 is 3.14. The summed E-state index contributed by atoms with van der Waals surface area (Å²) in [7, 11) is 0. The summed E-state index contributed by atoms with van der Waals surface area (Å²) in [6.45, 7) is 3.01. The predicted molar refractivity (Wildman–Crippen MR) is 71.0 cm³/mol. The van der Waals surface area contributed by atoms with Crippen LogP contribution in [0, 0.1) is 5.82 Å². The third-order valence-corrected chi connectivity index (χ3v) is 2.88. The maximum atomic E-state index is 13.4. The Bertz CT molecular complexity index is 393. The van der Waals surface area contributed by atoms with E-state index >= 15 is 0 Å². The molecule has 1 aromatic carbocycles. The average Bonchev–Trinajstić information content (AvgIpc) is 2.27. The number of amides is 1. The molecule has 0 radical (unpaired) electrons. The highest BCUT2D eigenvalue weighted by atomic mass is 79.9. The van der Waals surface area contributed by atoms with Crippen LogP contribution in [-0.2, 0) is 0 Å². The number of carbonyl (C=O) groups is 1. The van der Waals surface area contributed by atoms with E-state index in [0.29, 0.717) is 24.1 Å². The van der Waals surface area contributed by atoms with Gasteiger partial charge in [-0.1, -0.05) is 6.07 Å². The van der Waals surface area contributed by atoms with Crippen molar-refractivity contribution in [3.8, 4) is 0 Å². The second kappa shape index (κ2) is 7.45. The van der Waals surface area contributed by atoms with E-state index in [2.05, 4.69) is 26.6 Å². The Morgan fingerprint density at radius 1 is 1.50 bits per heavy atom. The van der Waals surface area contributed by atoms with Crippen LogP contribution in [-0.4, -0.2) is 36.8 Å². The zero-order chi connectivity index (χ0) is 13.5. The van der Waals surface area contributed by atoms with E-state index in [9.17, 15) is 9.18 Å². The van der Waals surface area contributed by atoms with Gasteiger partial charge in [-0.25, -0.2) is 4.39 Å². The molecule has 0 aliphatic heterocycles. The smallest absolute Gasteiger partial charge is 0.255 e. The van der Waals surface area contributed by atoms with Crippen LogP contribution >= 0.6 is 15.9 Å². The van der Waals surface area contributed by atoms with Gasteiger partial charge < -0.3 is 15.7 Å². The molecule has 0 heterocycles. The summed E-state index contributed by atoms with van der Waals surface area (Å²) in [5.41, 5.74) is 0.00743. The van der Waals surface area contributed by atoms with Crippen molar-refractivity contribution < 1.29 is 14.3 Å². The van der Waals surface area contributed by atoms with Gasteiger partial charge in [0.2, 0.25) is 0 Å². The molecule has 100 valence electrons. The first-order chi connectivity index (χ1) is 8.52. The first-order valence-corrected chi connectivity index (χ1v) is 6.42. The maximum absolute atomic E-state index is 13.4. The Labute approximate surface area is 114 Å². The van der Waals surface area contributed by atoms with Gasteiger partial charge in [-0.3, -0.25) is 4.79 Å². The number of aliphatic hydroxyl groups is 1. The van der Waals surface area contributed by atoms with Crippen LogP contribution in [0.5, 0.6) is 0 Å².